The van der Waals surface area contributed by atoms with Crippen LogP contribution in [0.25, 0.3) is 11.1 Å². The number of aryl methyl sites for hydroxylation is 2. The number of rotatable bonds is 6. The number of hydrogen-bond acceptors (Lipinski definition) is 9. The summed E-state index contributed by atoms with van der Waals surface area (Å²) in [6.45, 7) is 3.34. The maximum absolute atomic E-state index is 14.5. The Bertz CT molecular complexity index is 1530. The number of benzene rings is 2. The van der Waals surface area contributed by atoms with Gasteiger partial charge in [-0.2, -0.15) is 18.2 Å². The SMILES string of the molecule is COc1cc(C)cc(Nc2ncc(F)c(Nc3cc(C)c4oc(=O)n(OC(=O)C(F)(F)F)c4c3)n2)c1. The van der Waals surface area contributed by atoms with Crippen molar-refractivity contribution in [3.8, 4) is 5.75 Å². The normalized spacial score (nSPS) is 11.4. The molecule has 0 aliphatic carbocycles. The summed E-state index contributed by atoms with van der Waals surface area (Å²) in [4.78, 5) is 35.4. The second-order valence-electron chi connectivity index (χ2n) is 7.56. The van der Waals surface area contributed by atoms with Gasteiger partial charge in [0.1, 0.15) is 11.3 Å². The van der Waals surface area contributed by atoms with Crippen LogP contribution >= 0.6 is 0 Å². The minimum atomic E-state index is -5.34. The molecule has 0 amide bonds. The van der Waals surface area contributed by atoms with Crippen molar-refractivity contribution in [1.82, 2.24) is 14.7 Å². The molecule has 2 N–H and O–H groups in total. The van der Waals surface area contributed by atoms with Crippen LogP contribution in [0, 0.1) is 19.7 Å². The van der Waals surface area contributed by atoms with Crippen LogP contribution in [0.1, 0.15) is 11.1 Å². The topological polar surface area (TPSA) is 121 Å². The molecule has 2 aromatic heterocycles. The molecule has 36 heavy (non-hydrogen) atoms. The van der Waals surface area contributed by atoms with E-state index in [1.54, 1.807) is 12.1 Å². The first-order chi connectivity index (χ1) is 16.9. The Labute approximate surface area is 199 Å². The molecule has 4 aromatic rings. The van der Waals surface area contributed by atoms with E-state index in [9.17, 15) is 27.2 Å². The first-order valence-corrected chi connectivity index (χ1v) is 10.1. The standard InChI is InChI=1S/C22H17F4N5O5/c1-10-4-12(7-14(5-10)34-3)29-20-27-9-15(23)18(30-20)28-13-6-11(2)17-16(8-13)31(21(33)35-17)36-19(32)22(24,25)26/h4-9H,1-3H3,(H2,27,28,29,30). The van der Waals surface area contributed by atoms with E-state index < -0.39 is 23.7 Å². The third-order valence-electron chi connectivity index (χ3n) is 4.78. The molecule has 10 nitrogen and oxygen atoms in total. The second-order valence-corrected chi connectivity index (χ2v) is 7.56. The number of aromatic nitrogens is 3. The van der Waals surface area contributed by atoms with Gasteiger partial charge in [0.15, 0.2) is 17.2 Å². The lowest BCUT2D eigenvalue weighted by Gasteiger charge is -2.12. The van der Waals surface area contributed by atoms with Gasteiger partial charge in [0.25, 0.3) is 0 Å². The van der Waals surface area contributed by atoms with Crippen LogP contribution in [-0.4, -0.2) is 34.0 Å². The van der Waals surface area contributed by atoms with Crippen LogP contribution in [0.2, 0.25) is 0 Å². The fourth-order valence-corrected chi connectivity index (χ4v) is 3.28. The highest BCUT2D eigenvalue weighted by molar-refractivity contribution is 5.83. The van der Waals surface area contributed by atoms with Gasteiger partial charge in [-0.1, -0.05) is 4.73 Å². The molecule has 188 valence electrons. The Balaban J connectivity index is 1.67. The van der Waals surface area contributed by atoms with Crippen molar-refractivity contribution in [3.05, 3.63) is 64.0 Å². The van der Waals surface area contributed by atoms with E-state index in [0.717, 1.165) is 17.8 Å². The molecule has 2 aromatic carbocycles. The van der Waals surface area contributed by atoms with Crippen molar-refractivity contribution in [2.75, 3.05) is 17.7 Å². The largest absolute Gasteiger partial charge is 0.497 e. The molecular weight excluding hydrogens is 490 g/mol. The van der Waals surface area contributed by atoms with Gasteiger partial charge in [-0.05, 0) is 49.2 Å². The zero-order valence-corrected chi connectivity index (χ0v) is 18.9. The highest BCUT2D eigenvalue weighted by atomic mass is 19.4. The Morgan fingerprint density at radius 2 is 1.81 bits per heavy atom. The number of nitrogens with one attached hydrogen (secondary N) is 2. The fourth-order valence-electron chi connectivity index (χ4n) is 3.28. The third-order valence-corrected chi connectivity index (χ3v) is 4.78. The van der Waals surface area contributed by atoms with Gasteiger partial charge in [0.05, 0.1) is 13.3 Å². The first-order valence-electron chi connectivity index (χ1n) is 10.1. The van der Waals surface area contributed by atoms with E-state index >= 15 is 0 Å². The van der Waals surface area contributed by atoms with E-state index in [1.807, 2.05) is 13.0 Å². The summed E-state index contributed by atoms with van der Waals surface area (Å²) >= 11 is 0. The number of alkyl halides is 3. The second kappa shape index (κ2) is 9.20. The highest BCUT2D eigenvalue weighted by Crippen LogP contribution is 2.27. The van der Waals surface area contributed by atoms with Crippen molar-refractivity contribution in [3.63, 3.8) is 0 Å². The number of carbonyl (C=O) groups excluding carboxylic acids is 1. The summed E-state index contributed by atoms with van der Waals surface area (Å²) in [6, 6.07) is 7.85. The van der Waals surface area contributed by atoms with Gasteiger partial charge in [0, 0.05) is 17.4 Å². The van der Waals surface area contributed by atoms with E-state index in [4.69, 9.17) is 9.15 Å². The van der Waals surface area contributed by atoms with Gasteiger partial charge in [-0.25, -0.2) is 19.0 Å². The Hall–Kier alpha value is -4.62. The van der Waals surface area contributed by atoms with Crippen molar-refractivity contribution >= 4 is 40.2 Å². The molecule has 0 atom stereocenters. The molecule has 0 bridgehead atoms. The van der Waals surface area contributed by atoms with E-state index in [2.05, 4.69) is 25.4 Å². The van der Waals surface area contributed by atoms with Gasteiger partial charge < -0.3 is 24.6 Å². The number of carbonyl (C=O) groups is 1. The lowest BCUT2D eigenvalue weighted by molar-refractivity contribution is -0.200. The van der Waals surface area contributed by atoms with Crippen LogP contribution in [0.5, 0.6) is 5.75 Å². The lowest BCUT2D eigenvalue weighted by Crippen LogP contribution is -2.36. The number of anilines is 4. The third kappa shape index (κ3) is 5.06. The van der Waals surface area contributed by atoms with Crippen molar-refractivity contribution in [2.24, 2.45) is 0 Å². The molecule has 2 heterocycles. The molecule has 0 aliphatic heterocycles. The van der Waals surface area contributed by atoms with Crippen molar-refractivity contribution < 1.29 is 36.3 Å². The molecule has 0 unspecified atom stereocenters. The summed E-state index contributed by atoms with van der Waals surface area (Å²) in [6.07, 6.45) is -4.43. The molecule has 0 radical (unpaired) electrons. The number of halogens is 4. The Morgan fingerprint density at radius 1 is 1.08 bits per heavy atom. The average molecular weight is 507 g/mol. The summed E-state index contributed by atoms with van der Waals surface area (Å²) in [7, 11) is 1.51. The minimum Gasteiger partial charge on any atom is -0.497 e. The van der Waals surface area contributed by atoms with E-state index in [-0.39, 0.29) is 38.8 Å². The molecule has 0 spiro atoms. The van der Waals surface area contributed by atoms with Gasteiger partial charge >= 0.3 is 17.9 Å². The zero-order valence-electron chi connectivity index (χ0n) is 18.9. The molecule has 0 aliphatic rings. The van der Waals surface area contributed by atoms with Crippen LogP contribution in [0.3, 0.4) is 0 Å². The Morgan fingerprint density at radius 3 is 2.50 bits per heavy atom. The molecule has 0 saturated carbocycles. The number of nitrogens with zero attached hydrogens (tertiary/aromatic N) is 3. The number of methoxy groups -OCH3 is 1. The first kappa shape index (κ1) is 24.5. The number of ether oxygens (including phenoxy) is 1. The summed E-state index contributed by atoms with van der Waals surface area (Å²) < 4.78 is 62.5. The quantitative estimate of drug-likeness (QED) is 0.371. The smallest absolute Gasteiger partial charge is 0.493 e. The monoisotopic (exact) mass is 507 g/mol. The average Bonchev–Trinajstić information content (AvgIpc) is 3.10. The van der Waals surface area contributed by atoms with Crippen molar-refractivity contribution in [2.45, 2.75) is 20.0 Å². The predicted molar refractivity (Wildman–Crippen MR) is 119 cm³/mol. The summed E-state index contributed by atoms with van der Waals surface area (Å²) in [5.41, 5.74) is 1.44. The van der Waals surface area contributed by atoms with Crippen molar-refractivity contribution in [1.29, 1.82) is 0 Å². The highest BCUT2D eigenvalue weighted by Gasteiger charge is 2.42. The van der Waals surface area contributed by atoms with E-state index in [1.165, 1.54) is 20.1 Å². The minimum absolute atomic E-state index is 0.0312. The van der Waals surface area contributed by atoms with Gasteiger partial charge in [-0.3, -0.25) is 0 Å². The van der Waals surface area contributed by atoms with Crippen LogP contribution in [0.4, 0.5) is 40.7 Å². The van der Waals surface area contributed by atoms with E-state index in [0.29, 0.717) is 11.4 Å². The maximum atomic E-state index is 14.5. The molecule has 0 fully saturated rings. The molecule has 4 rings (SSSR count). The zero-order chi connectivity index (χ0) is 26.2. The van der Waals surface area contributed by atoms with Gasteiger partial charge in [-0.15, -0.1) is 0 Å². The Kier molecular flexibility index (Phi) is 6.26. The number of oxazole rings is 1. The van der Waals surface area contributed by atoms with Gasteiger partial charge in [0.2, 0.25) is 5.95 Å². The molecule has 0 saturated heterocycles. The van der Waals surface area contributed by atoms with Crippen LogP contribution < -0.4 is 26.0 Å². The number of hydrogen-bond donors (Lipinski definition) is 2. The summed E-state index contributed by atoms with van der Waals surface area (Å²) in [5.74, 6) is -4.48. The van der Waals surface area contributed by atoms with Crippen LogP contribution in [-0.2, 0) is 4.79 Å². The maximum Gasteiger partial charge on any atom is 0.493 e. The van der Waals surface area contributed by atoms with Crippen LogP contribution in [0.15, 0.2) is 45.7 Å². The fraction of sp³-hybridized carbons (Fsp3) is 0.182. The summed E-state index contributed by atoms with van der Waals surface area (Å²) in [5, 5.41) is 5.60. The molecule has 14 heteroatoms. The lowest BCUT2D eigenvalue weighted by atomic mass is 10.2. The number of fused-ring (bicyclic) bond motifs is 1. The predicted octanol–water partition coefficient (Wildman–Crippen LogP) is 4.15. The molecular formula is C22H17F4N5O5.